The number of hydrogen-bond acceptors (Lipinski definition) is 3. The van der Waals surface area contributed by atoms with Crippen LogP contribution in [0.4, 0.5) is 4.39 Å². The lowest BCUT2D eigenvalue weighted by atomic mass is 9.93. The molecule has 0 bridgehead atoms. The van der Waals surface area contributed by atoms with Gasteiger partial charge in [-0.1, -0.05) is 19.8 Å². The van der Waals surface area contributed by atoms with E-state index in [9.17, 15) is 14.0 Å². The second kappa shape index (κ2) is 6.89. The van der Waals surface area contributed by atoms with Crippen molar-refractivity contribution in [3.05, 3.63) is 35.6 Å². The van der Waals surface area contributed by atoms with E-state index in [0.717, 1.165) is 12.8 Å². The highest BCUT2D eigenvalue weighted by Crippen LogP contribution is 2.17. The second-order valence-electron chi connectivity index (χ2n) is 4.09. The number of carbonyl (C=O) groups is 2. The molecule has 0 aliphatic rings. The van der Waals surface area contributed by atoms with Crippen molar-refractivity contribution in [3.63, 3.8) is 0 Å². The summed E-state index contributed by atoms with van der Waals surface area (Å²) in [6, 6.07) is 5.20. The summed E-state index contributed by atoms with van der Waals surface area (Å²) in [4.78, 5) is 23.7. The van der Waals surface area contributed by atoms with Crippen LogP contribution >= 0.6 is 0 Å². The number of esters is 1. The molecule has 1 unspecified atom stereocenters. The summed E-state index contributed by atoms with van der Waals surface area (Å²) >= 11 is 0. The molecule has 4 heteroatoms. The zero-order valence-electron chi connectivity index (χ0n) is 10.6. The molecule has 1 aromatic rings. The molecule has 0 aliphatic carbocycles. The van der Waals surface area contributed by atoms with Gasteiger partial charge in [0.1, 0.15) is 11.7 Å². The van der Waals surface area contributed by atoms with Gasteiger partial charge in [-0.25, -0.2) is 4.39 Å². The van der Waals surface area contributed by atoms with Gasteiger partial charge in [0.25, 0.3) is 0 Å². The first-order valence-electron chi connectivity index (χ1n) is 5.97. The smallest absolute Gasteiger partial charge is 0.316 e. The predicted octanol–water partition coefficient (Wildman–Crippen LogP) is 2.99. The number of carbonyl (C=O) groups excluding carboxylic acids is 2. The van der Waals surface area contributed by atoms with Crippen LogP contribution in [0.2, 0.25) is 0 Å². The van der Waals surface area contributed by atoms with Gasteiger partial charge in [-0.2, -0.15) is 0 Å². The average Bonchev–Trinajstić information content (AvgIpc) is 2.39. The minimum Gasteiger partial charge on any atom is -0.468 e. The van der Waals surface area contributed by atoms with Crippen molar-refractivity contribution in [1.29, 1.82) is 0 Å². The molecule has 0 spiro atoms. The van der Waals surface area contributed by atoms with Gasteiger partial charge in [-0.05, 0) is 30.7 Å². The number of ether oxygens (including phenoxy) is 1. The average molecular weight is 252 g/mol. The minimum absolute atomic E-state index is 0.310. The van der Waals surface area contributed by atoms with Gasteiger partial charge in [-0.3, -0.25) is 9.59 Å². The molecule has 0 fully saturated rings. The number of hydrogen-bond donors (Lipinski definition) is 0. The molecule has 3 nitrogen and oxygen atoms in total. The molecule has 1 aromatic carbocycles. The Bertz CT molecular complexity index is 412. The third-order valence-corrected chi connectivity index (χ3v) is 2.78. The lowest BCUT2D eigenvalue weighted by Gasteiger charge is -2.13. The predicted molar refractivity (Wildman–Crippen MR) is 65.8 cm³/mol. The van der Waals surface area contributed by atoms with E-state index in [-0.39, 0.29) is 5.78 Å². The number of rotatable bonds is 6. The zero-order chi connectivity index (χ0) is 13.5. The first-order chi connectivity index (χ1) is 8.60. The van der Waals surface area contributed by atoms with E-state index in [0.29, 0.717) is 12.0 Å². The van der Waals surface area contributed by atoms with Crippen molar-refractivity contribution >= 4 is 11.8 Å². The van der Waals surface area contributed by atoms with Gasteiger partial charge in [0.15, 0.2) is 5.78 Å². The summed E-state index contributed by atoms with van der Waals surface area (Å²) in [5, 5.41) is 0. The Morgan fingerprint density at radius 2 is 1.89 bits per heavy atom. The van der Waals surface area contributed by atoms with Gasteiger partial charge in [0.05, 0.1) is 7.11 Å². The molecule has 0 N–H and O–H groups in total. The van der Waals surface area contributed by atoms with Crippen molar-refractivity contribution in [1.82, 2.24) is 0 Å². The molecule has 0 radical (unpaired) electrons. The Kier molecular flexibility index (Phi) is 5.49. The largest absolute Gasteiger partial charge is 0.468 e. The van der Waals surface area contributed by atoms with Crippen LogP contribution in [0.15, 0.2) is 24.3 Å². The van der Waals surface area contributed by atoms with Crippen LogP contribution in [-0.2, 0) is 9.53 Å². The van der Waals surface area contributed by atoms with Gasteiger partial charge in [-0.15, -0.1) is 0 Å². The molecular formula is C14H17FO3. The quantitative estimate of drug-likeness (QED) is 0.444. The first kappa shape index (κ1) is 14.4. The summed E-state index contributed by atoms with van der Waals surface area (Å²) in [6.45, 7) is 1.98. The van der Waals surface area contributed by atoms with Crippen molar-refractivity contribution < 1.29 is 18.7 Å². The first-order valence-corrected chi connectivity index (χ1v) is 5.97. The number of unbranched alkanes of at least 4 members (excludes halogenated alkanes) is 1. The maximum atomic E-state index is 12.8. The lowest BCUT2D eigenvalue weighted by molar-refractivity contribution is -0.143. The third-order valence-electron chi connectivity index (χ3n) is 2.78. The lowest BCUT2D eigenvalue weighted by Crippen LogP contribution is -2.25. The van der Waals surface area contributed by atoms with Crippen LogP contribution in [0.5, 0.6) is 0 Å². The maximum Gasteiger partial charge on any atom is 0.316 e. The molecule has 1 rings (SSSR count). The van der Waals surface area contributed by atoms with Crippen LogP contribution in [0.25, 0.3) is 0 Å². The molecule has 0 aromatic heterocycles. The van der Waals surface area contributed by atoms with Crippen LogP contribution in [0.1, 0.15) is 36.5 Å². The van der Waals surface area contributed by atoms with E-state index >= 15 is 0 Å². The standard InChI is InChI=1S/C14H17FO3/c1-3-4-5-12(14(17)18-2)13(16)10-6-8-11(15)9-7-10/h6-9,12H,3-5H2,1-2H3. The number of ketones is 1. The van der Waals surface area contributed by atoms with E-state index < -0.39 is 17.7 Å². The summed E-state index contributed by atoms with van der Waals surface area (Å²) in [7, 11) is 1.26. The van der Waals surface area contributed by atoms with Crippen molar-refractivity contribution in [3.8, 4) is 0 Å². The zero-order valence-corrected chi connectivity index (χ0v) is 10.6. The SMILES string of the molecule is CCCCC(C(=O)OC)C(=O)c1ccc(F)cc1. The number of Topliss-reactive ketones (excluding diaryl/α,β-unsaturated/α-hetero) is 1. The van der Waals surface area contributed by atoms with E-state index in [2.05, 4.69) is 4.74 Å². The second-order valence-corrected chi connectivity index (χ2v) is 4.09. The minimum atomic E-state index is -0.791. The fourth-order valence-corrected chi connectivity index (χ4v) is 1.72. The molecular weight excluding hydrogens is 235 g/mol. The fraction of sp³-hybridized carbons (Fsp3) is 0.429. The van der Waals surface area contributed by atoms with Crippen molar-refractivity contribution in [2.75, 3.05) is 7.11 Å². The Balaban J connectivity index is 2.87. The normalized spacial score (nSPS) is 11.9. The summed E-state index contributed by atoms with van der Waals surface area (Å²) in [6.07, 6.45) is 2.12. The molecule has 18 heavy (non-hydrogen) atoms. The highest BCUT2D eigenvalue weighted by Gasteiger charge is 2.27. The molecule has 98 valence electrons. The molecule has 0 heterocycles. The van der Waals surface area contributed by atoms with E-state index in [4.69, 9.17) is 0 Å². The Morgan fingerprint density at radius 1 is 1.28 bits per heavy atom. The van der Waals surface area contributed by atoms with Crippen molar-refractivity contribution in [2.45, 2.75) is 26.2 Å². The highest BCUT2D eigenvalue weighted by atomic mass is 19.1. The van der Waals surface area contributed by atoms with Crippen LogP contribution in [-0.4, -0.2) is 18.9 Å². The monoisotopic (exact) mass is 252 g/mol. The molecule has 1 atom stereocenters. The number of methoxy groups -OCH3 is 1. The number of benzene rings is 1. The van der Waals surface area contributed by atoms with Gasteiger partial charge in [0.2, 0.25) is 0 Å². The molecule has 0 saturated carbocycles. The summed E-state index contributed by atoms with van der Waals surface area (Å²) in [5.41, 5.74) is 0.336. The van der Waals surface area contributed by atoms with Gasteiger partial charge >= 0.3 is 5.97 Å². The van der Waals surface area contributed by atoms with Crippen molar-refractivity contribution in [2.24, 2.45) is 5.92 Å². The Morgan fingerprint density at radius 3 is 2.39 bits per heavy atom. The summed E-state index contributed by atoms with van der Waals surface area (Å²) < 4.78 is 17.4. The molecule has 0 aliphatic heterocycles. The van der Waals surface area contributed by atoms with Gasteiger partial charge < -0.3 is 4.74 Å². The highest BCUT2D eigenvalue weighted by molar-refractivity contribution is 6.08. The summed E-state index contributed by atoms with van der Waals surface area (Å²) in [5.74, 6) is -2.04. The van der Waals surface area contributed by atoms with Crippen LogP contribution in [0, 0.1) is 11.7 Å². The van der Waals surface area contributed by atoms with E-state index in [1.165, 1.54) is 31.4 Å². The van der Waals surface area contributed by atoms with Crippen LogP contribution < -0.4 is 0 Å². The topological polar surface area (TPSA) is 43.4 Å². The maximum absolute atomic E-state index is 12.8. The third kappa shape index (κ3) is 3.65. The Hall–Kier alpha value is -1.71. The van der Waals surface area contributed by atoms with E-state index in [1.807, 2.05) is 6.92 Å². The fourth-order valence-electron chi connectivity index (χ4n) is 1.72. The van der Waals surface area contributed by atoms with Gasteiger partial charge in [0, 0.05) is 5.56 Å². The molecule has 0 amide bonds. The van der Waals surface area contributed by atoms with E-state index in [1.54, 1.807) is 0 Å². The Labute approximate surface area is 106 Å². The molecule has 0 saturated heterocycles. The van der Waals surface area contributed by atoms with Crippen LogP contribution in [0.3, 0.4) is 0 Å². The number of halogens is 1.